The van der Waals surface area contributed by atoms with Gasteiger partial charge in [0.15, 0.2) is 0 Å². The summed E-state index contributed by atoms with van der Waals surface area (Å²) in [6.07, 6.45) is 1.43. The van der Waals surface area contributed by atoms with Crippen molar-refractivity contribution in [3.05, 3.63) is 30.3 Å². The number of nitriles is 1. The Morgan fingerprint density at radius 3 is 2.12 bits per heavy atom. The predicted molar refractivity (Wildman–Crippen MR) is 87.1 cm³/mol. The molecule has 0 unspecified atom stereocenters. The molecule has 24 heavy (non-hydrogen) atoms. The molecule has 0 saturated carbocycles. The Morgan fingerprint density at radius 1 is 1.04 bits per heavy atom. The number of rotatable bonds is 10. The fourth-order valence-electron chi connectivity index (χ4n) is 2.18. The maximum Gasteiger partial charge on any atom is 0.362 e. The highest BCUT2D eigenvalue weighted by atomic mass is 16.6. The van der Waals surface area contributed by atoms with Gasteiger partial charge in [-0.15, -0.1) is 0 Å². The first-order valence-corrected chi connectivity index (χ1v) is 8.06. The largest absolute Gasteiger partial charge is 0.464 e. The lowest BCUT2D eigenvalue weighted by Gasteiger charge is -2.29. The molecule has 0 aliphatic carbocycles. The fraction of sp³-hybridized carbons (Fsp3) is 0.500. The molecule has 0 amide bonds. The van der Waals surface area contributed by atoms with Crippen molar-refractivity contribution in [3.8, 4) is 11.8 Å². The summed E-state index contributed by atoms with van der Waals surface area (Å²) in [4.78, 5) is 25.1. The summed E-state index contributed by atoms with van der Waals surface area (Å²) < 4.78 is 15.9. The van der Waals surface area contributed by atoms with Gasteiger partial charge in [-0.25, -0.2) is 9.59 Å². The molecule has 1 aromatic rings. The molecule has 0 bridgehead atoms. The highest BCUT2D eigenvalue weighted by Crippen LogP contribution is 2.27. The molecular formula is C18H23NO5. The van der Waals surface area contributed by atoms with Crippen LogP contribution >= 0.6 is 0 Å². The Kier molecular flexibility index (Phi) is 8.34. The van der Waals surface area contributed by atoms with Crippen molar-refractivity contribution in [3.63, 3.8) is 0 Å². The maximum atomic E-state index is 12.5. The van der Waals surface area contributed by atoms with E-state index in [2.05, 4.69) is 0 Å². The second kappa shape index (κ2) is 10.3. The average Bonchev–Trinajstić information content (AvgIpc) is 2.59. The summed E-state index contributed by atoms with van der Waals surface area (Å²) in [7, 11) is 0. The number of hydrogen-bond acceptors (Lipinski definition) is 6. The minimum atomic E-state index is -1.86. The summed E-state index contributed by atoms with van der Waals surface area (Å²) in [6.45, 7) is 3.56. The SMILES string of the molecule is CCOC(=O)C(CCCCC#N)(Oc1ccccc1)C(=O)OCC. The zero-order valence-corrected chi connectivity index (χ0v) is 14.1. The summed E-state index contributed by atoms with van der Waals surface area (Å²) in [5.41, 5.74) is -1.86. The van der Waals surface area contributed by atoms with Gasteiger partial charge in [0, 0.05) is 12.8 Å². The lowest BCUT2D eigenvalue weighted by molar-refractivity contribution is -0.180. The molecule has 0 spiro atoms. The van der Waals surface area contributed by atoms with Crippen LogP contribution < -0.4 is 4.74 Å². The Hall–Kier alpha value is -2.55. The number of carbonyl (C=O) groups excluding carboxylic acids is 2. The lowest BCUT2D eigenvalue weighted by atomic mass is 9.95. The number of unbranched alkanes of at least 4 members (excludes halogenated alkanes) is 2. The van der Waals surface area contributed by atoms with E-state index in [1.807, 2.05) is 6.07 Å². The summed E-state index contributed by atoms with van der Waals surface area (Å²) in [5.74, 6) is -1.17. The second-order valence-corrected chi connectivity index (χ2v) is 5.05. The summed E-state index contributed by atoms with van der Waals surface area (Å²) in [6, 6.07) is 10.6. The van der Waals surface area contributed by atoms with Gasteiger partial charge in [0.05, 0.1) is 19.3 Å². The van der Waals surface area contributed by atoms with Gasteiger partial charge in [0.25, 0.3) is 0 Å². The van der Waals surface area contributed by atoms with Crippen LogP contribution in [0.25, 0.3) is 0 Å². The molecule has 130 valence electrons. The number of carbonyl (C=O) groups is 2. The Morgan fingerprint density at radius 2 is 1.62 bits per heavy atom. The van der Waals surface area contributed by atoms with Crippen LogP contribution in [-0.4, -0.2) is 30.8 Å². The number of esters is 2. The van der Waals surface area contributed by atoms with Gasteiger partial charge < -0.3 is 14.2 Å². The van der Waals surface area contributed by atoms with Crippen LogP contribution in [0, 0.1) is 11.3 Å². The first-order valence-electron chi connectivity index (χ1n) is 8.06. The standard InChI is InChI=1S/C18H23NO5/c1-3-22-16(20)18(17(21)23-4-2,13-9-6-10-14-19)24-15-11-7-5-8-12-15/h5,7-8,11-12H,3-4,6,9-10,13H2,1-2H3. The van der Waals surface area contributed by atoms with Crippen molar-refractivity contribution in [2.45, 2.75) is 45.1 Å². The number of nitrogens with zero attached hydrogens (tertiary/aromatic N) is 1. The van der Waals surface area contributed by atoms with Crippen LogP contribution in [-0.2, 0) is 19.1 Å². The Bertz CT molecular complexity index is 547. The molecule has 0 N–H and O–H groups in total. The average molecular weight is 333 g/mol. The van der Waals surface area contributed by atoms with E-state index < -0.39 is 17.5 Å². The van der Waals surface area contributed by atoms with E-state index >= 15 is 0 Å². The highest BCUT2D eigenvalue weighted by molar-refractivity contribution is 6.04. The molecule has 6 nitrogen and oxygen atoms in total. The summed E-state index contributed by atoms with van der Waals surface area (Å²) >= 11 is 0. The van der Waals surface area contributed by atoms with Crippen LogP contribution in [0.4, 0.5) is 0 Å². The minimum Gasteiger partial charge on any atom is -0.464 e. The van der Waals surface area contributed by atoms with E-state index in [0.29, 0.717) is 25.0 Å². The third-order valence-electron chi connectivity index (χ3n) is 3.31. The quantitative estimate of drug-likeness (QED) is 0.372. The topological polar surface area (TPSA) is 85.6 Å². The van der Waals surface area contributed by atoms with Gasteiger partial charge in [-0.1, -0.05) is 18.2 Å². The van der Waals surface area contributed by atoms with Crippen molar-refractivity contribution in [2.75, 3.05) is 13.2 Å². The van der Waals surface area contributed by atoms with Gasteiger partial charge in [0.2, 0.25) is 0 Å². The van der Waals surface area contributed by atoms with Crippen molar-refractivity contribution in [2.24, 2.45) is 0 Å². The van der Waals surface area contributed by atoms with Crippen LogP contribution in [0.5, 0.6) is 5.75 Å². The molecular weight excluding hydrogens is 310 g/mol. The van der Waals surface area contributed by atoms with Gasteiger partial charge >= 0.3 is 17.5 Å². The third kappa shape index (κ3) is 5.27. The molecule has 0 fully saturated rings. The Balaban J connectivity index is 3.12. The van der Waals surface area contributed by atoms with Crippen LogP contribution in [0.2, 0.25) is 0 Å². The van der Waals surface area contributed by atoms with Gasteiger partial charge in [-0.2, -0.15) is 5.26 Å². The normalized spacial score (nSPS) is 10.5. The first kappa shape index (κ1) is 19.5. The van der Waals surface area contributed by atoms with E-state index in [4.69, 9.17) is 19.5 Å². The molecule has 0 atom stereocenters. The molecule has 1 aromatic carbocycles. The number of benzene rings is 1. The number of ether oxygens (including phenoxy) is 3. The van der Waals surface area contributed by atoms with Crippen LogP contribution in [0.1, 0.15) is 39.5 Å². The van der Waals surface area contributed by atoms with E-state index in [9.17, 15) is 9.59 Å². The zero-order valence-electron chi connectivity index (χ0n) is 14.1. The number of hydrogen-bond donors (Lipinski definition) is 0. The van der Waals surface area contributed by atoms with Gasteiger partial charge in [-0.05, 0) is 38.8 Å². The molecule has 0 heterocycles. The zero-order chi connectivity index (χ0) is 17.8. The number of para-hydroxylation sites is 1. The maximum absolute atomic E-state index is 12.5. The summed E-state index contributed by atoms with van der Waals surface area (Å²) in [5, 5.41) is 8.65. The Labute approximate surface area is 142 Å². The first-order chi connectivity index (χ1) is 11.6. The van der Waals surface area contributed by atoms with Gasteiger partial charge in [0.1, 0.15) is 5.75 Å². The molecule has 0 aromatic heterocycles. The molecule has 1 rings (SSSR count). The third-order valence-corrected chi connectivity index (χ3v) is 3.31. The van der Waals surface area contributed by atoms with Crippen molar-refractivity contribution >= 4 is 11.9 Å². The predicted octanol–water partition coefficient (Wildman–Crippen LogP) is 3.01. The van der Waals surface area contributed by atoms with E-state index in [1.54, 1.807) is 44.2 Å². The molecule has 0 saturated heterocycles. The lowest BCUT2D eigenvalue weighted by Crippen LogP contribution is -2.53. The van der Waals surface area contributed by atoms with E-state index in [0.717, 1.165) is 0 Å². The fourth-order valence-corrected chi connectivity index (χ4v) is 2.18. The molecule has 0 aliphatic rings. The van der Waals surface area contributed by atoms with E-state index in [1.165, 1.54) is 0 Å². The molecule has 0 aliphatic heterocycles. The van der Waals surface area contributed by atoms with Crippen LogP contribution in [0.15, 0.2) is 30.3 Å². The minimum absolute atomic E-state index is 0.0846. The van der Waals surface area contributed by atoms with Crippen molar-refractivity contribution in [1.29, 1.82) is 5.26 Å². The van der Waals surface area contributed by atoms with Gasteiger partial charge in [-0.3, -0.25) is 0 Å². The van der Waals surface area contributed by atoms with Crippen LogP contribution in [0.3, 0.4) is 0 Å². The second-order valence-electron chi connectivity index (χ2n) is 5.05. The van der Waals surface area contributed by atoms with Crippen molar-refractivity contribution in [1.82, 2.24) is 0 Å². The van der Waals surface area contributed by atoms with Crippen molar-refractivity contribution < 1.29 is 23.8 Å². The smallest absolute Gasteiger partial charge is 0.362 e. The highest BCUT2D eigenvalue weighted by Gasteiger charge is 2.51. The molecule has 6 heteroatoms. The van der Waals surface area contributed by atoms with E-state index in [-0.39, 0.29) is 19.6 Å². The molecule has 0 radical (unpaired) electrons. The monoisotopic (exact) mass is 333 g/mol.